The minimum atomic E-state index is -0.167. The van der Waals surface area contributed by atoms with Gasteiger partial charge in [-0.25, -0.2) is 4.79 Å². The van der Waals surface area contributed by atoms with Gasteiger partial charge in [0, 0.05) is 37.6 Å². The summed E-state index contributed by atoms with van der Waals surface area (Å²) in [6.45, 7) is 2.72. The number of carbonyl (C=O) groups excluding carboxylic acids is 2. The van der Waals surface area contributed by atoms with Crippen LogP contribution in [0.2, 0.25) is 5.02 Å². The Balaban J connectivity index is 1.55. The van der Waals surface area contributed by atoms with Gasteiger partial charge in [-0.05, 0) is 43.4 Å². The van der Waals surface area contributed by atoms with Crippen LogP contribution in [0.4, 0.5) is 4.79 Å². The second kappa shape index (κ2) is 10.2. The predicted molar refractivity (Wildman–Crippen MR) is 96.2 cm³/mol. The fourth-order valence-electron chi connectivity index (χ4n) is 2.82. The molecule has 0 aromatic heterocycles. The van der Waals surface area contributed by atoms with Gasteiger partial charge in [0.2, 0.25) is 5.91 Å². The van der Waals surface area contributed by atoms with Crippen molar-refractivity contribution in [1.82, 2.24) is 15.5 Å². The van der Waals surface area contributed by atoms with Gasteiger partial charge < -0.3 is 15.5 Å². The van der Waals surface area contributed by atoms with E-state index in [4.69, 9.17) is 11.6 Å². The van der Waals surface area contributed by atoms with E-state index in [1.54, 1.807) is 0 Å². The molecule has 132 valence electrons. The topological polar surface area (TPSA) is 61.4 Å². The van der Waals surface area contributed by atoms with Crippen LogP contribution >= 0.6 is 11.6 Å². The molecule has 0 atom stereocenters. The van der Waals surface area contributed by atoms with Crippen LogP contribution in [0.5, 0.6) is 0 Å². The van der Waals surface area contributed by atoms with Gasteiger partial charge in [-0.2, -0.15) is 0 Å². The first-order chi connectivity index (χ1) is 11.6. The van der Waals surface area contributed by atoms with Crippen molar-refractivity contribution in [3.05, 3.63) is 34.9 Å². The van der Waals surface area contributed by atoms with E-state index in [-0.39, 0.29) is 11.9 Å². The summed E-state index contributed by atoms with van der Waals surface area (Å²) in [7, 11) is 0. The SMILES string of the molecule is O=C(NCCCN1CCCCCC1=O)NCCc1cccc(Cl)c1. The van der Waals surface area contributed by atoms with Crippen LogP contribution in [-0.2, 0) is 11.2 Å². The van der Waals surface area contributed by atoms with E-state index in [2.05, 4.69) is 10.6 Å². The second-order valence-corrected chi connectivity index (χ2v) is 6.54. The molecule has 1 heterocycles. The minimum absolute atomic E-state index is 0.167. The van der Waals surface area contributed by atoms with Crippen molar-refractivity contribution >= 4 is 23.5 Å². The molecule has 3 amide bonds. The number of halogens is 1. The third-order valence-corrected chi connectivity index (χ3v) is 4.39. The summed E-state index contributed by atoms with van der Waals surface area (Å²) in [5.74, 6) is 0.249. The van der Waals surface area contributed by atoms with Gasteiger partial charge in [-0.15, -0.1) is 0 Å². The largest absolute Gasteiger partial charge is 0.343 e. The number of amides is 3. The zero-order valence-electron chi connectivity index (χ0n) is 14.0. The number of hydrogen-bond donors (Lipinski definition) is 2. The van der Waals surface area contributed by atoms with Crippen LogP contribution < -0.4 is 10.6 Å². The average molecular weight is 352 g/mol. The number of benzene rings is 1. The summed E-state index contributed by atoms with van der Waals surface area (Å²) in [6.07, 6.45) is 5.42. The lowest BCUT2D eigenvalue weighted by Crippen LogP contribution is -2.39. The van der Waals surface area contributed by atoms with Gasteiger partial charge >= 0.3 is 6.03 Å². The van der Waals surface area contributed by atoms with Crippen LogP contribution in [-0.4, -0.2) is 43.0 Å². The predicted octanol–water partition coefficient (Wildman–Crippen LogP) is 2.97. The molecule has 2 N–H and O–H groups in total. The van der Waals surface area contributed by atoms with Crippen molar-refractivity contribution in [1.29, 1.82) is 0 Å². The maximum absolute atomic E-state index is 11.9. The highest BCUT2D eigenvalue weighted by atomic mass is 35.5. The zero-order chi connectivity index (χ0) is 17.2. The van der Waals surface area contributed by atoms with Crippen molar-refractivity contribution in [3.8, 4) is 0 Å². The van der Waals surface area contributed by atoms with Gasteiger partial charge in [0.05, 0.1) is 0 Å². The molecule has 1 aliphatic rings. The van der Waals surface area contributed by atoms with E-state index in [1.165, 1.54) is 0 Å². The smallest absolute Gasteiger partial charge is 0.314 e. The standard InChI is InChI=1S/C18H26ClN3O2/c19-16-7-4-6-15(14-16)9-11-21-18(24)20-10-5-13-22-12-3-1-2-8-17(22)23/h4,6-7,14H,1-3,5,8-13H2,(H2,20,21,24). The van der Waals surface area contributed by atoms with E-state index in [0.717, 1.165) is 50.8 Å². The Morgan fingerprint density at radius 1 is 1.17 bits per heavy atom. The average Bonchev–Trinajstić information content (AvgIpc) is 2.76. The molecule has 0 bridgehead atoms. The number of nitrogens with zero attached hydrogens (tertiary/aromatic N) is 1. The Labute approximate surface area is 148 Å². The molecule has 0 radical (unpaired) electrons. The zero-order valence-corrected chi connectivity index (χ0v) is 14.8. The normalized spacial score (nSPS) is 15.0. The molecule has 1 saturated heterocycles. The number of likely N-dealkylation sites (tertiary alicyclic amines) is 1. The van der Waals surface area contributed by atoms with E-state index in [9.17, 15) is 9.59 Å². The molecule has 5 nitrogen and oxygen atoms in total. The third kappa shape index (κ3) is 6.79. The highest BCUT2D eigenvalue weighted by molar-refractivity contribution is 6.30. The van der Waals surface area contributed by atoms with E-state index >= 15 is 0 Å². The Bertz CT molecular complexity index is 551. The lowest BCUT2D eigenvalue weighted by atomic mass is 10.1. The molecule has 0 saturated carbocycles. The van der Waals surface area contributed by atoms with Crippen molar-refractivity contribution < 1.29 is 9.59 Å². The quantitative estimate of drug-likeness (QED) is 0.742. The van der Waals surface area contributed by atoms with Crippen LogP contribution in [0.25, 0.3) is 0 Å². The molecule has 1 aliphatic heterocycles. The van der Waals surface area contributed by atoms with E-state index in [0.29, 0.717) is 24.5 Å². The van der Waals surface area contributed by atoms with Crippen LogP contribution in [0.3, 0.4) is 0 Å². The summed E-state index contributed by atoms with van der Waals surface area (Å²) in [5, 5.41) is 6.38. The number of hydrogen-bond acceptors (Lipinski definition) is 2. The van der Waals surface area contributed by atoms with Gasteiger partial charge in [-0.3, -0.25) is 4.79 Å². The van der Waals surface area contributed by atoms with Crippen molar-refractivity contribution in [2.24, 2.45) is 0 Å². The first-order valence-electron chi connectivity index (χ1n) is 8.69. The lowest BCUT2D eigenvalue weighted by Gasteiger charge is -2.20. The first-order valence-corrected chi connectivity index (χ1v) is 9.07. The minimum Gasteiger partial charge on any atom is -0.343 e. The number of rotatable bonds is 7. The van der Waals surface area contributed by atoms with Gasteiger partial charge in [0.25, 0.3) is 0 Å². The van der Waals surface area contributed by atoms with Crippen molar-refractivity contribution in [2.75, 3.05) is 26.2 Å². The fraction of sp³-hybridized carbons (Fsp3) is 0.556. The Morgan fingerprint density at radius 3 is 2.83 bits per heavy atom. The number of urea groups is 1. The summed E-state index contributed by atoms with van der Waals surface area (Å²) in [5.41, 5.74) is 1.10. The lowest BCUT2D eigenvalue weighted by molar-refractivity contribution is -0.130. The van der Waals surface area contributed by atoms with Gasteiger partial charge in [0.15, 0.2) is 0 Å². The first kappa shape index (κ1) is 18.6. The third-order valence-electron chi connectivity index (χ3n) is 4.15. The molecule has 1 aromatic rings. The van der Waals surface area contributed by atoms with Gasteiger partial charge in [0.1, 0.15) is 0 Å². The van der Waals surface area contributed by atoms with Crippen LogP contribution in [0.15, 0.2) is 24.3 Å². The Kier molecular flexibility index (Phi) is 7.89. The molecule has 0 unspecified atom stereocenters. The summed E-state index contributed by atoms with van der Waals surface area (Å²) < 4.78 is 0. The summed E-state index contributed by atoms with van der Waals surface area (Å²) >= 11 is 5.93. The number of carbonyl (C=O) groups is 2. The van der Waals surface area contributed by atoms with Crippen LogP contribution in [0.1, 0.15) is 37.7 Å². The molecule has 24 heavy (non-hydrogen) atoms. The highest BCUT2D eigenvalue weighted by Gasteiger charge is 2.15. The second-order valence-electron chi connectivity index (χ2n) is 6.11. The molecular weight excluding hydrogens is 326 g/mol. The maximum atomic E-state index is 11.9. The summed E-state index contributed by atoms with van der Waals surface area (Å²) in [6, 6.07) is 7.46. The van der Waals surface area contributed by atoms with E-state index < -0.39 is 0 Å². The summed E-state index contributed by atoms with van der Waals surface area (Å²) in [4.78, 5) is 25.5. The molecule has 0 spiro atoms. The molecule has 6 heteroatoms. The molecule has 2 rings (SSSR count). The van der Waals surface area contributed by atoms with E-state index in [1.807, 2.05) is 29.2 Å². The molecule has 1 fully saturated rings. The molecule has 1 aromatic carbocycles. The van der Waals surface area contributed by atoms with Crippen molar-refractivity contribution in [2.45, 2.75) is 38.5 Å². The van der Waals surface area contributed by atoms with Crippen molar-refractivity contribution in [3.63, 3.8) is 0 Å². The monoisotopic (exact) mass is 351 g/mol. The Morgan fingerprint density at radius 2 is 2.00 bits per heavy atom. The molecule has 0 aliphatic carbocycles. The number of nitrogens with one attached hydrogen (secondary N) is 2. The molecular formula is C18H26ClN3O2. The Hall–Kier alpha value is -1.75. The van der Waals surface area contributed by atoms with Crippen LogP contribution in [0, 0.1) is 0 Å². The highest BCUT2D eigenvalue weighted by Crippen LogP contribution is 2.11. The fourth-order valence-corrected chi connectivity index (χ4v) is 3.04. The van der Waals surface area contributed by atoms with Gasteiger partial charge in [-0.1, -0.05) is 30.2 Å². The maximum Gasteiger partial charge on any atom is 0.314 e.